The van der Waals surface area contributed by atoms with Gasteiger partial charge in [0.2, 0.25) is 0 Å². The average molecular weight is 256 g/mol. The molecule has 2 N–H and O–H groups in total. The second kappa shape index (κ2) is 5.56. The topological polar surface area (TPSA) is 78.9 Å². The highest BCUT2D eigenvalue weighted by Crippen LogP contribution is 2.20. The standard InChI is InChI=1S/C12H20N2O4/c1-8-7-18-3-2-10(8)13-12(17)14-5-9(6-14)4-11(15)16/h8-10H,2-7H2,1H3,(H,13,17)(H,15,16). The molecule has 2 heterocycles. The number of ether oxygens (including phenoxy) is 1. The smallest absolute Gasteiger partial charge is 0.317 e. The Bertz CT molecular complexity index is 328. The van der Waals surface area contributed by atoms with Gasteiger partial charge < -0.3 is 20.1 Å². The molecule has 0 spiro atoms. The molecule has 0 bridgehead atoms. The summed E-state index contributed by atoms with van der Waals surface area (Å²) in [4.78, 5) is 24.1. The van der Waals surface area contributed by atoms with Crippen molar-refractivity contribution in [1.29, 1.82) is 0 Å². The lowest BCUT2D eigenvalue weighted by molar-refractivity contribution is -0.139. The van der Waals surface area contributed by atoms with Gasteiger partial charge in [-0.25, -0.2) is 4.79 Å². The summed E-state index contributed by atoms with van der Waals surface area (Å²) >= 11 is 0. The van der Waals surface area contributed by atoms with Crippen LogP contribution in [0.4, 0.5) is 4.79 Å². The van der Waals surface area contributed by atoms with Crippen molar-refractivity contribution in [3.05, 3.63) is 0 Å². The molecule has 0 aliphatic carbocycles. The molecule has 2 rings (SSSR count). The normalized spacial score (nSPS) is 28.6. The van der Waals surface area contributed by atoms with E-state index in [-0.39, 0.29) is 24.4 Å². The molecule has 2 fully saturated rings. The summed E-state index contributed by atoms with van der Waals surface area (Å²) in [6.45, 7) is 4.54. The first-order chi connectivity index (χ1) is 8.56. The number of carboxylic acids is 1. The number of aliphatic carboxylic acids is 1. The van der Waals surface area contributed by atoms with Crippen LogP contribution in [-0.4, -0.2) is 54.4 Å². The second-order valence-electron chi connectivity index (χ2n) is 5.27. The maximum atomic E-state index is 11.9. The summed E-state index contributed by atoms with van der Waals surface area (Å²) in [5.41, 5.74) is 0. The number of nitrogens with one attached hydrogen (secondary N) is 1. The van der Waals surface area contributed by atoms with E-state index < -0.39 is 5.97 Å². The number of hydrogen-bond acceptors (Lipinski definition) is 3. The van der Waals surface area contributed by atoms with Crippen LogP contribution in [0.25, 0.3) is 0 Å². The van der Waals surface area contributed by atoms with E-state index in [1.165, 1.54) is 0 Å². The van der Waals surface area contributed by atoms with Gasteiger partial charge in [-0.2, -0.15) is 0 Å². The van der Waals surface area contributed by atoms with E-state index in [9.17, 15) is 9.59 Å². The highest BCUT2D eigenvalue weighted by molar-refractivity contribution is 5.76. The molecule has 6 heteroatoms. The first kappa shape index (κ1) is 13.1. The van der Waals surface area contributed by atoms with Gasteiger partial charge in [0.1, 0.15) is 0 Å². The summed E-state index contributed by atoms with van der Waals surface area (Å²) < 4.78 is 5.32. The van der Waals surface area contributed by atoms with E-state index >= 15 is 0 Å². The molecular weight excluding hydrogens is 236 g/mol. The van der Waals surface area contributed by atoms with Crippen LogP contribution in [0.15, 0.2) is 0 Å². The fraction of sp³-hybridized carbons (Fsp3) is 0.833. The summed E-state index contributed by atoms with van der Waals surface area (Å²) in [5, 5.41) is 11.6. The molecule has 2 amide bonds. The number of carboxylic acid groups (broad SMARTS) is 1. The van der Waals surface area contributed by atoms with Gasteiger partial charge in [0, 0.05) is 31.7 Å². The lowest BCUT2D eigenvalue weighted by Crippen LogP contribution is -2.57. The monoisotopic (exact) mass is 256 g/mol. The Morgan fingerprint density at radius 2 is 2.17 bits per heavy atom. The van der Waals surface area contributed by atoms with Crippen molar-refractivity contribution < 1.29 is 19.4 Å². The van der Waals surface area contributed by atoms with Crippen molar-refractivity contribution in [3.8, 4) is 0 Å². The maximum Gasteiger partial charge on any atom is 0.317 e. The third kappa shape index (κ3) is 3.13. The number of rotatable bonds is 3. The Labute approximate surface area is 106 Å². The molecule has 18 heavy (non-hydrogen) atoms. The zero-order chi connectivity index (χ0) is 13.1. The molecule has 6 nitrogen and oxygen atoms in total. The number of urea groups is 1. The predicted molar refractivity (Wildman–Crippen MR) is 64.2 cm³/mol. The van der Waals surface area contributed by atoms with Crippen molar-refractivity contribution in [3.63, 3.8) is 0 Å². The third-order valence-electron chi connectivity index (χ3n) is 3.66. The van der Waals surface area contributed by atoms with Crippen LogP contribution in [0.1, 0.15) is 19.8 Å². The zero-order valence-corrected chi connectivity index (χ0v) is 10.6. The SMILES string of the molecule is CC1COCCC1NC(=O)N1CC(CC(=O)O)C1. The fourth-order valence-corrected chi connectivity index (χ4v) is 2.46. The van der Waals surface area contributed by atoms with Crippen molar-refractivity contribution in [2.45, 2.75) is 25.8 Å². The molecule has 0 radical (unpaired) electrons. The number of amides is 2. The van der Waals surface area contributed by atoms with Crippen LogP contribution in [0.2, 0.25) is 0 Å². The zero-order valence-electron chi connectivity index (χ0n) is 10.6. The lowest BCUT2D eigenvalue weighted by atomic mass is 9.96. The van der Waals surface area contributed by atoms with Gasteiger partial charge in [-0.3, -0.25) is 4.79 Å². The largest absolute Gasteiger partial charge is 0.481 e. The van der Waals surface area contributed by atoms with E-state index in [0.717, 1.165) is 6.42 Å². The molecule has 0 aromatic heterocycles. The van der Waals surface area contributed by atoms with Gasteiger partial charge in [0.15, 0.2) is 0 Å². The molecule has 102 valence electrons. The molecule has 2 unspecified atom stereocenters. The van der Waals surface area contributed by atoms with Crippen molar-refractivity contribution >= 4 is 12.0 Å². The van der Waals surface area contributed by atoms with Crippen LogP contribution in [0.5, 0.6) is 0 Å². The van der Waals surface area contributed by atoms with Gasteiger partial charge in [-0.1, -0.05) is 6.92 Å². The van der Waals surface area contributed by atoms with Gasteiger partial charge >= 0.3 is 12.0 Å². The number of nitrogens with zero attached hydrogens (tertiary/aromatic N) is 1. The van der Waals surface area contributed by atoms with Crippen molar-refractivity contribution in [2.24, 2.45) is 11.8 Å². The van der Waals surface area contributed by atoms with E-state index in [0.29, 0.717) is 32.2 Å². The van der Waals surface area contributed by atoms with Gasteiger partial charge in [-0.05, 0) is 12.3 Å². The number of carbonyl (C=O) groups is 2. The van der Waals surface area contributed by atoms with E-state index in [1.807, 2.05) is 0 Å². The molecule has 0 aromatic rings. The number of carbonyl (C=O) groups excluding carboxylic acids is 1. The minimum atomic E-state index is -0.793. The highest BCUT2D eigenvalue weighted by atomic mass is 16.5. The molecular formula is C12H20N2O4. The Kier molecular flexibility index (Phi) is 4.06. The Morgan fingerprint density at radius 3 is 2.78 bits per heavy atom. The lowest BCUT2D eigenvalue weighted by Gasteiger charge is -2.40. The van der Waals surface area contributed by atoms with Crippen LogP contribution in [-0.2, 0) is 9.53 Å². The van der Waals surface area contributed by atoms with E-state index in [1.54, 1.807) is 4.90 Å². The summed E-state index contributed by atoms with van der Waals surface area (Å²) in [7, 11) is 0. The van der Waals surface area contributed by atoms with Crippen LogP contribution in [0, 0.1) is 11.8 Å². The average Bonchev–Trinajstić information content (AvgIpc) is 2.25. The first-order valence-corrected chi connectivity index (χ1v) is 6.41. The molecule has 2 atom stereocenters. The minimum Gasteiger partial charge on any atom is -0.481 e. The molecule has 0 aromatic carbocycles. The van der Waals surface area contributed by atoms with Crippen LogP contribution in [0.3, 0.4) is 0 Å². The highest BCUT2D eigenvalue weighted by Gasteiger charge is 2.34. The minimum absolute atomic E-state index is 0.0737. The van der Waals surface area contributed by atoms with Crippen LogP contribution < -0.4 is 5.32 Å². The van der Waals surface area contributed by atoms with Crippen molar-refractivity contribution in [2.75, 3.05) is 26.3 Å². The summed E-state index contributed by atoms with van der Waals surface area (Å²) in [6, 6.07) is 0.0974. The Morgan fingerprint density at radius 1 is 1.44 bits per heavy atom. The van der Waals surface area contributed by atoms with Gasteiger partial charge in [0.05, 0.1) is 13.0 Å². The summed E-state index contributed by atoms with van der Waals surface area (Å²) in [5.74, 6) is -0.350. The predicted octanol–water partition coefficient (Wildman–Crippen LogP) is 0.527. The fourth-order valence-electron chi connectivity index (χ4n) is 2.46. The quantitative estimate of drug-likeness (QED) is 0.772. The van der Waals surface area contributed by atoms with Crippen molar-refractivity contribution in [1.82, 2.24) is 10.2 Å². The first-order valence-electron chi connectivity index (χ1n) is 6.41. The maximum absolute atomic E-state index is 11.9. The Balaban J connectivity index is 1.71. The Hall–Kier alpha value is -1.30. The van der Waals surface area contributed by atoms with Gasteiger partial charge in [0.25, 0.3) is 0 Å². The number of likely N-dealkylation sites (tertiary alicyclic amines) is 1. The molecule has 0 saturated carbocycles. The van der Waals surface area contributed by atoms with E-state index in [4.69, 9.17) is 9.84 Å². The third-order valence-corrected chi connectivity index (χ3v) is 3.66. The van der Waals surface area contributed by atoms with Gasteiger partial charge in [-0.15, -0.1) is 0 Å². The second-order valence-corrected chi connectivity index (χ2v) is 5.27. The number of hydrogen-bond donors (Lipinski definition) is 2. The molecule has 2 saturated heterocycles. The van der Waals surface area contributed by atoms with E-state index in [2.05, 4.69) is 12.2 Å². The summed E-state index contributed by atoms with van der Waals surface area (Å²) in [6.07, 6.45) is 0.997. The van der Waals surface area contributed by atoms with Crippen LogP contribution >= 0.6 is 0 Å². The molecule has 2 aliphatic heterocycles. The molecule has 2 aliphatic rings.